The summed E-state index contributed by atoms with van der Waals surface area (Å²) in [7, 11) is 0. The molecule has 0 amide bonds. The highest BCUT2D eigenvalue weighted by atomic mass is 16.7. The summed E-state index contributed by atoms with van der Waals surface area (Å²) >= 11 is 0. The number of nitrogens with one attached hydrogen (secondary N) is 2. The Morgan fingerprint density at radius 1 is 0.963 bits per heavy atom. The molecule has 0 saturated heterocycles. The molecule has 27 heavy (non-hydrogen) atoms. The van der Waals surface area contributed by atoms with E-state index in [4.69, 9.17) is 9.47 Å². The minimum absolute atomic E-state index is 0.271. The molecule has 0 radical (unpaired) electrons. The Morgan fingerprint density at radius 2 is 1.81 bits per heavy atom. The normalized spacial score (nSPS) is 11.9. The van der Waals surface area contributed by atoms with Crippen LogP contribution < -0.4 is 20.1 Å². The van der Waals surface area contributed by atoms with Crippen LogP contribution in [0.4, 0.5) is 11.8 Å². The molecule has 1 aromatic heterocycles. The number of aromatic nitrogens is 2. The van der Waals surface area contributed by atoms with Gasteiger partial charge in [-0.05, 0) is 17.7 Å². The zero-order valence-corrected chi connectivity index (χ0v) is 14.8. The maximum Gasteiger partial charge on any atom is 0.231 e. The monoisotopic (exact) mass is 360 g/mol. The molecular weight excluding hydrogens is 340 g/mol. The van der Waals surface area contributed by atoms with Gasteiger partial charge in [0.15, 0.2) is 11.5 Å². The molecule has 0 unspecified atom stereocenters. The predicted molar refractivity (Wildman–Crippen MR) is 106 cm³/mol. The van der Waals surface area contributed by atoms with Crippen molar-refractivity contribution in [1.82, 2.24) is 9.97 Å². The van der Waals surface area contributed by atoms with Crippen molar-refractivity contribution < 1.29 is 9.47 Å². The average molecular weight is 360 g/mol. The molecule has 6 heteroatoms. The Kier molecular flexibility index (Phi) is 4.87. The summed E-state index contributed by atoms with van der Waals surface area (Å²) in [6, 6.07) is 17.8. The van der Waals surface area contributed by atoms with E-state index >= 15 is 0 Å². The lowest BCUT2D eigenvalue weighted by atomic mass is 10.1. The first-order valence-corrected chi connectivity index (χ1v) is 8.73. The molecule has 1 aliphatic rings. The minimum atomic E-state index is 0.271. The molecular formula is C21H20N4O2. The van der Waals surface area contributed by atoms with Crippen molar-refractivity contribution in [3.8, 4) is 22.8 Å². The van der Waals surface area contributed by atoms with Crippen LogP contribution in [0.25, 0.3) is 11.3 Å². The number of rotatable bonds is 7. The van der Waals surface area contributed by atoms with Gasteiger partial charge in [-0.25, -0.2) is 4.98 Å². The fraction of sp³-hybridized carbons (Fsp3) is 0.143. The molecule has 0 fully saturated rings. The van der Waals surface area contributed by atoms with Crippen LogP contribution in [0.15, 0.2) is 67.3 Å². The highest BCUT2D eigenvalue weighted by Crippen LogP contribution is 2.32. The Labute approximate surface area is 157 Å². The van der Waals surface area contributed by atoms with Crippen LogP contribution in [0.2, 0.25) is 0 Å². The number of ether oxygens (including phenoxy) is 2. The van der Waals surface area contributed by atoms with Crippen molar-refractivity contribution in [3.63, 3.8) is 0 Å². The quantitative estimate of drug-likeness (QED) is 0.619. The Bertz CT molecular complexity index is 944. The van der Waals surface area contributed by atoms with Crippen LogP contribution in [0.3, 0.4) is 0 Å². The summed E-state index contributed by atoms with van der Waals surface area (Å²) in [6.45, 7) is 5.22. The first-order valence-electron chi connectivity index (χ1n) is 8.73. The standard InChI is InChI=1S/C21H20N4O2/c1-2-10-22-20-12-17(16-6-4-3-5-7-16)24-21(25-20)23-13-15-8-9-18-19(11-15)27-14-26-18/h2-9,11-12H,1,10,13-14H2,(H2,22,23,24,25). The fourth-order valence-corrected chi connectivity index (χ4v) is 2.78. The van der Waals surface area contributed by atoms with Crippen LogP contribution in [-0.2, 0) is 6.54 Å². The van der Waals surface area contributed by atoms with E-state index < -0.39 is 0 Å². The van der Waals surface area contributed by atoms with Crippen LogP contribution >= 0.6 is 0 Å². The van der Waals surface area contributed by atoms with Crippen molar-refractivity contribution in [1.29, 1.82) is 0 Å². The van der Waals surface area contributed by atoms with Gasteiger partial charge in [0.05, 0.1) is 5.69 Å². The maximum atomic E-state index is 5.43. The third-order valence-electron chi connectivity index (χ3n) is 4.11. The average Bonchev–Trinajstić information content (AvgIpc) is 3.19. The predicted octanol–water partition coefficient (Wildman–Crippen LogP) is 4.08. The first-order chi connectivity index (χ1) is 13.3. The molecule has 2 aromatic carbocycles. The van der Waals surface area contributed by atoms with Gasteiger partial charge in [0.2, 0.25) is 12.7 Å². The molecule has 136 valence electrons. The Hall–Kier alpha value is -3.54. The number of nitrogens with zero attached hydrogens (tertiary/aromatic N) is 2. The summed E-state index contributed by atoms with van der Waals surface area (Å²) < 4.78 is 10.8. The van der Waals surface area contributed by atoms with Gasteiger partial charge >= 0.3 is 0 Å². The molecule has 2 heterocycles. The molecule has 2 N–H and O–H groups in total. The Balaban J connectivity index is 1.56. The zero-order chi connectivity index (χ0) is 18.5. The second-order valence-electron chi connectivity index (χ2n) is 6.04. The highest BCUT2D eigenvalue weighted by molar-refractivity contribution is 5.64. The van der Waals surface area contributed by atoms with Gasteiger partial charge in [-0.2, -0.15) is 4.98 Å². The van der Waals surface area contributed by atoms with E-state index in [2.05, 4.69) is 27.2 Å². The SMILES string of the molecule is C=CCNc1cc(-c2ccccc2)nc(NCc2ccc3c(c2)OCO3)n1. The molecule has 0 bridgehead atoms. The number of anilines is 2. The maximum absolute atomic E-state index is 5.43. The van der Waals surface area contributed by atoms with Gasteiger partial charge in [-0.15, -0.1) is 6.58 Å². The van der Waals surface area contributed by atoms with E-state index in [0.29, 0.717) is 19.0 Å². The third-order valence-corrected chi connectivity index (χ3v) is 4.11. The molecule has 4 rings (SSSR count). The second kappa shape index (κ2) is 7.78. The fourth-order valence-electron chi connectivity index (χ4n) is 2.78. The van der Waals surface area contributed by atoms with E-state index in [-0.39, 0.29) is 6.79 Å². The van der Waals surface area contributed by atoms with Crippen molar-refractivity contribution in [2.75, 3.05) is 24.0 Å². The van der Waals surface area contributed by atoms with E-state index in [1.807, 2.05) is 54.6 Å². The minimum Gasteiger partial charge on any atom is -0.454 e. The van der Waals surface area contributed by atoms with Crippen LogP contribution in [0.1, 0.15) is 5.56 Å². The molecule has 0 atom stereocenters. The second-order valence-corrected chi connectivity index (χ2v) is 6.04. The van der Waals surface area contributed by atoms with Crippen molar-refractivity contribution in [2.24, 2.45) is 0 Å². The number of benzene rings is 2. The van der Waals surface area contributed by atoms with Gasteiger partial charge in [0.1, 0.15) is 5.82 Å². The van der Waals surface area contributed by atoms with Gasteiger partial charge in [0, 0.05) is 24.7 Å². The van der Waals surface area contributed by atoms with E-state index in [0.717, 1.165) is 34.1 Å². The highest BCUT2D eigenvalue weighted by Gasteiger charge is 2.13. The summed E-state index contributed by atoms with van der Waals surface area (Å²) in [5.74, 6) is 2.84. The van der Waals surface area contributed by atoms with Gasteiger partial charge in [-0.1, -0.05) is 42.5 Å². The molecule has 6 nitrogen and oxygen atoms in total. The number of hydrogen-bond donors (Lipinski definition) is 2. The van der Waals surface area contributed by atoms with Crippen molar-refractivity contribution >= 4 is 11.8 Å². The van der Waals surface area contributed by atoms with E-state index in [1.54, 1.807) is 6.08 Å². The van der Waals surface area contributed by atoms with Gasteiger partial charge < -0.3 is 20.1 Å². The summed E-state index contributed by atoms with van der Waals surface area (Å²) in [5, 5.41) is 6.53. The Morgan fingerprint density at radius 3 is 2.67 bits per heavy atom. The van der Waals surface area contributed by atoms with E-state index in [9.17, 15) is 0 Å². The molecule has 0 aliphatic carbocycles. The van der Waals surface area contributed by atoms with Gasteiger partial charge in [0.25, 0.3) is 0 Å². The number of hydrogen-bond acceptors (Lipinski definition) is 6. The summed E-state index contributed by atoms with van der Waals surface area (Å²) in [4.78, 5) is 9.20. The smallest absolute Gasteiger partial charge is 0.231 e. The molecule has 1 aliphatic heterocycles. The zero-order valence-electron chi connectivity index (χ0n) is 14.8. The van der Waals surface area contributed by atoms with E-state index in [1.165, 1.54) is 0 Å². The van der Waals surface area contributed by atoms with Crippen LogP contribution in [0.5, 0.6) is 11.5 Å². The lowest BCUT2D eigenvalue weighted by Crippen LogP contribution is -2.08. The van der Waals surface area contributed by atoms with Crippen LogP contribution in [0, 0.1) is 0 Å². The molecule has 0 saturated carbocycles. The summed E-state index contributed by atoms with van der Waals surface area (Å²) in [5.41, 5.74) is 2.95. The molecule has 0 spiro atoms. The van der Waals surface area contributed by atoms with Crippen LogP contribution in [-0.4, -0.2) is 23.3 Å². The topological polar surface area (TPSA) is 68.3 Å². The lowest BCUT2D eigenvalue weighted by molar-refractivity contribution is 0.174. The third kappa shape index (κ3) is 4.00. The van der Waals surface area contributed by atoms with Crippen molar-refractivity contribution in [3.05, 3.63) is 72.8 Å². The largest absolute Gasteiger partial charge is 0.454 e. The summed E-state index contributed by atoms with van der Waals surface area (Å²) in [6.07, 6.45) is 1.80. The lowest BCUT2D eigenvalue weighted by Gasteiger charge is -2.11. The first kappa shape index (κ1) is 16.9. The van der Waals surface area contributed by atoms with Gasteiger partial charge in [-0.3, -0.25) is 0 Å². The molecule has 3 aromatic rings. The number of fused-ring (bicyclic) bond motifs is 1. The van der Waals surface area contributed by atoms with Crippen molar-refractivity contribution in [2.45, 2.75) is 6.54 Å².